The second-order valence-electron chi connectivity index (χ2n) is 8.12. The number of rotatable bonds is 7. The van der Waals surface area contributed by atoms with Crippen LogP contribution < -0.4 is 9.46 Å². The predicted molar refractivity (Wildman–Crippen MR) is 118 cm³/mol. The van der Waals surface area contributed by atoms with Crippen molar-refractivity contribution in [3.63, 3.8) is 0 Å². The Kier molecular flexibility index (Phi) is 6.39. The van der Waals surface area contributed by atoms with E-state index in [2.05, 4.69) is 4.72 Å². The molecule has 0 aromatic heterocycles. The van der Waals surface area contributed by atoms with E-state index in [1.807, 2.05) is 24.3 Å². The minimum absolute atomic E-state index is 0.00610. The number of ether oxygens (including phenoxy) is 1. The lowest BCUT2D eigenvalue weighted by Crippen LogP contribution is -2.35. The van der Waals surface area contributed by atoms with Gasteiger partial charge in [0.1, 0.15) is 5.75 Å². The van der Waals surface area contributed by atoms with Crippen LogP contribution in [0.5, 0.6) is 5.75 Å². The van der Waals surface area contributed by atoms with Crippen LogP contribution in [0.15, 0.2) is 58.3 Å². The fourth-order valence-electron chi connectivity index (χ4n) is 3.95. The Hall–Kier alpha value is -1.94. The summed E-state index contributed by atoms with van der Waals surface area (Å²) in [6.45, 7) is 0.399. The molecule has 1 atom stereocenters. The molecule has 4 rings (SSSR count). The maximum atomic E-state index is 13.6. The standard InChI is InChI=1S/C22H28N2O5S2/c1-29-19-13-9-17(10-14-19)22-8-3-2-4-15-24(22)31(27,28)21-7-5-6-20(16-21)30(25,26)23-18-11-12-18/h5-7,9-10,13-14,16,18,22-23H,2-4,8,11-12,15H2,1H3. The van der Waals surface area contributed by atoms with E-state index in [1.165, 1.54) is 28.6 Å². The number of hydrogen-bond donors (Lipinski definition) is 1. The monoisotopic (exact) mass is 464 g/mol. The summed E-state index contributed by atoms with van der Waals surface area (Å²) in [4.78, 5) is -0.0112. The highest BCUT2D eigenvalue weighted by Crippen LogP contribution is 2.35. The minimum Gasteiger partial charge on any atom is -0.497 e. The molecule has 0 spiro atoms. The summed E-state index contributed by atoms with van der Waals surface area (Å²) in [5.41, 5.74) is 0.908. The first-order valence-electron chi connectivity index (χ1n) is 10.6. The lowest BCUT2D eigenvalue weighted by atomic mass is 10.0. The number of nitrogens with one attached hydrogen (secondary N) is 1. The third kappa shape index (κ3) is 4.95. The van der Waals surface area contributed by atoms with Crippen LogP contribution in [0.25, 0.3) is 0 Å². The highest BCUT2D eigenvalue weighted by molar-refractivity contribution is 7.90. The summed E-state index contributed by atoms with van der Waals surface area (Å²) < 4.78 is 61.9. The molecule has 168 valence electrons. The van der Waals surface area contributed by atoms with Crippen molar-refractivity contribution in [2.45, 2.75) is 60.4 Å². The van der Waals surface area contributed by atoms with Gasteiger partial charge in [-0.05, 0) is 61.6 Å². The maximum Gasteiger partial charge on any atom is 0.243 e. The maximum absolute atomic E-state index is 13.6. The molecule has 2 fully saturated rings. The van der Waals surface area contributed by atoms with Gasteiger partial charge in [-0.25, -0.2) is 21.6 Å². The highest BCUT2D eigenvalue weighted by atomic mass is 32.2. The van der Waals surface area contributed by atoms with Gasteiger partial charge in [-0.3, -0.25) is 0 Å². The molecule has 1 aliphatic carbocycles. The van der Waals surface area contributed by atoms with Gasteiger partial charge in [-0.1, -0.05) is 31.0 Å². The number of methoxy groups -OCH3 is 1. The highest BCUT2D eigenvalue weighted by Gasteiger charge is 2.34. The molecule has 9 heteroatoms. The van der Waals surface area contributed by atoms with Crippen LogP contribution in [-0.2, 0) is 20.0 Å². The minimum atomic E-state index is -3.88. The smallest absolute Gasteiger partial charge is 0.243 e. The molecular formula is C22H28N2O5S2. The van der Waals surface area contributed by atoms with E-state index < -0.39 is 20.0 Å². The fourth-order valence-corrected chi connectivity index (χ4v) is 7.11. The van der Waals surface area contributed by atoms with E-state index in [4.69, 9.17) is 4.74 Å². The van der Waals surface area contributed by atoms with Gasteiger partial charge < -0.3 is 4.74 Å². The third-order valence-electron chi connectivity index (χ3n) is 5.83. The lowest BCUT2D eigenvalue weighted by Gasteiger charge is -2.29. The second kappa shape index (κ2) is 8.90. The molecule has 2 aromatic carbocycles. The molecule has 2 aromatic rings. The van der Waals surface area contributed by atoms with Crippen molar-refractivity contribution < 1.29 is 21.6 Å². The van der Waals surface area contributed by atoms with E-state index >= 15 is 0 Å². The molecule has 1 unspecified atom stereocenters. The Morgan fingerprint density at radius 3 is 2.29 bits per heavy atom. The average Bonchev–Trinajstić information content (AvgIpc) is 3.60. The zero-order valence-corrected chi connectivity index (χ0v) is 19.2. The number of hydrogen-bond acceptors (Lipinski definition) is 5. The summed E-state index contributed by atoms with van der Waals surface area (Å²) >= 11 is 0. The lowest BCUT2D eigenvalue weighted by molar-refractivity contribution is 0.328. The van der Waals surface area contributed by atoms with Crippen molar-refractivity contribution in [3.8, 4) is 5.75 Å². The molecule has 1 heterocycles. The van der Waals surface area contributed by atoms with Gasteiger partial charge in [-0.2, -0.15) is 4.31 Å². The van der Waals surface area contributed by atoms with Crippen molar-refractivity contribution in [2.75, 3.05) is 13.7 Å². The van der Waals surface area contributed by atoms with E-state index in [0.29, 0.717) is 18.7 Å². The van der Waals surface area contributed by atoms with Gasteiger partial charge in [-0.15, -0.1) is 0 Å². The van der Waals surface area contributed by atoms with Gasteiger partial charge in [0.05, 0.1) is 22.9 Å². The molecule has 0 amide bonds. The van der Waals surface area contributed by atoms with E-state index in [-0.39, 0.29) is 21.9 Å². The van der Waals surface area contributed by atoms with Crippen LogP contribution in [0, 0.1) is 0 Å². The molecule has 1 saturated heterocycles. The Morgan fingerprint density at radius 2 is 1.61 bits per heavy atom. The first-order valence-corrected chi connectivity index (χ1v) is 13.5. The SMILES string of the molecule is COc1ccc(C2CCCCCN2S(=O)(=O)c2cccc(S(=O)(=O)NC3CC3)c2)cc1. The van der Waals surface area contributed by atoms with Crippen molar-refractivity contribution in [1.82, 2.24) is 9.03 Å². The number of sulfonamides is 2. The second-order valence-corrected chi connectivity index (χ2v) is 11.7. The van der Waals surface area contributed by atoms with Crippen LogP contribution in [0.4, 0.5) is 0 Å². The summed E-state index contributed by atoms with van der Waals surface area (Å²) in [5, 5.41) is 0. The Morgan fingerprint density at radius 1 is 0.903 bits per heavy atom. The largest absolute Gasteiger partial charge is 0.497 e. The summed E-state index contributed by atoms with van der Waals surface area (Å²) in [6, 6.07) is 12.8. The molecule has 31 heavy (non-hydrogen) atoms. The first kappa shape index (κ1) is 22.3. The third-order valence-corrected chi connectivity index (χ3v) is 9.25. The van der Waals surface area contributed by atoms with E-state index in [9.17, 15) is 16.8 Å². The molecule has 7 nitrogen and oxygen atoms in total. The molecular weight excluding hydrogens is 436 g/mol. The van der Waals surface area contributed by atoms with Gasteiger partial charge >= 0.3 is 0 Å². The van der Waals surface area contributed by atoms with Crippen molar-refractivity contribution >= 4 is 20.0 Å². The Balaban J connectivity index is 1.68. The van der Waals surface area contributed by atoms with Gasteiger partial charge in [0, 0.05) is 12.6 Å². The quantitative estimate of drug-likeness (QED) is 0.678. The fraction of sp³-hybridized carbons (Fsp3) is 0.455. The molecule has 0 bridgehead atoms. The molecule has 2 aliphatic rings. The van der Waals surface area contributed by atoms with Gasteiger partial charge in [0.2, 0.25) is 20.0 Å². The van der Waals surface area contributed by atoms with Crippen LogP contribution in [-0.4, -0.2) is 40.8 Å². The molecule has 0 radical (unpaired) electrons. The first-order chi connectivity index (χ1) is 14.8. The zero-order valence-electron chi connectivity index (χ0n) is 17.5. The normalized spacial score (nSPS) is 20.9. The average molecular weight is 465 g/mol. The van der Waals surface area contributed by atoms with Crippen LogP contribution in [0.2, 0.25) is 0 Å². The van der Waals surface area contributed by atoms with E-state index in [0.717, 1.165) is 37.7 Å². The van der Waals surface area contributed by atoms with Crippen molar-refractivity contribution in [1.29, 1.82) is 0 Å². The molecule has 1 aliphatic heterocycles. The van der Waals surface area contributed by atoms with E-state index in [1.54, 1.807) is 7.11 Å². The summed E-state index contributed by atoms with van der Waals surface area (Å²) in [6.07, 6.45) is 5.00. The topological polar surface area (TPSA) is 92.8 Å². The van der Waals surface area contributed by atoms with Crippen LogP contribution >= 0.6 is 0 Å². The van der Waals surface area contributed by atoms with Crippen molar-refractivity contribution in [2.24, 2.45) is 0 Å². The van der Waals surface area contributed by atoms with Gasteiger partial charge in [0.25, 0.3) is 0 Å². The van der Waals surface area contributed by atoms with Crippen LogP contribution in [0.1, 0.15) is 50.1 Å². The van der Waals surface area contributed by atoms with Crippen LogP contribution in [0.3, 0.4) is 0 Å². The van der Waals surface area contributed by atoms with Crippen molar-refractivity contribution in [3.05, 3.63) is 54.1 Å². The van der Waals surface area contributed by atoms with Gasteiger partial charge in [0.15, 0.2) is 0 Å². The Bertz CT molecular complexity index is 1130. The number of nitrogens with zero attached hydrogens (tertiary/aromatic N) is 1. The zero-order chi connectivity index (χ0) is 22.1. The predicted octanol–water partition coefficient (Wildman–Crippen LogP) is 3.44. The molecule has 1 saturated carbocycles. The summed E-state index contributed by atoms with van der Waals surface area (Å²) in [7, 11) is -6.03. The number of benzene rings is 2. The Labute approximate surface area is 184 Å². The molecule has 1 N–H and O–H groups in total. The summed E-state index contributed by atoms with van der Waals surface area (Å²) in [5.74, 6) is 0.716.